The van der Waals surface area contributed by atoms with E-state index in [1.165, 1.54) is 16.2 Å². The number of nitrogens with zero attached hydrogens (tertiary/aromatic N) is 3. The number of thiazole rings is 1. The number of piperidine rings is 1. The standard InChI is InChI=1S/C15H20ClN3O3S2/c1-14(2,3)24(22)18-11-10-9(23-12(16)17-10)8-15(11)4-6-19(7-5-15)13(20)21/h4-8H2,1-3H3,(H,20,21)/b18-11-. The molecule has 0 aromatic carbocycles. The summed E-state index contributed by atoms with van der Waals surface area (Å²) in [5.41, 5.74) is 1.23. The van der Waals surface area contributed by atoms with Crippen LogP contribution < -0.4 is 0 Å². The van der Waals surface area contributed by atoms with Crippen molar-refractivity contribution in [2.75, 3.05) is 13.1 Å². The maximum Gasteiger partial charge on any atom is 0.407 e. The fourth-order valence-electron chi connectivity index (χ4n) is 3.17. The highest BCUT2D eigenvalue weighted by Gasteiger charge is 2.48. The number of halogens is 1. The molecule has 2 heterocycles. The molecule has 1 aromatic rings. The number of likely N-dealkylation sites (tertiary alicyclic amines) is 1. The van der Waals surface area contributed by atoms with Gasteiger partial charge in [-0.05, 0) is 40.0 Å². The van der Waals surface area contributed by atoms with Crippen molar-refractivity contribution >= 4 is 45.7 Å². The lowest BCUT2D eigenvalue weighted by Gasteiger charge is -2.38. The van der Waals surface area contributed by atoms with Gasteiger partial charge in [0.2, 0.25) is 0 Å². The van der Waals surface area contributed by atoms with Crippen molar-refractivity contribution in [2.45, 2.75) is 44.8 Å². The Bertz CT molecular complexity index is 731. The van der Waals surface area contributed by atoms with Gasteiger partial charge in [0.15, 0.2) is 4.47 Å². The van der Waals surface area contributed by atoms with Crippen LogP contribution in [0, 0.1) is 5.41 Å². The third kappa shape index (κ3) is 3.11. The number of fused-ring (bicyclic) bond motifs is 1. The summed E-state index contributed by atoms with van der Waals surface area (Å²) in [6.07, 6.45) is 1.19. The van der Waals surface area contributed by atoms with Crippen LogP contribution in [0.2, 0.25) is 4.47 Å². The average Bonchev–Trinajstić information content (AvgIpc) is 2.94. The molecule has 0 bridgehead atoms. The van der Waals surface area contributed by atoms with Crippen molar-refractivity contribution in [3.8, 4) is 0 Å². The smallest absolute Gasteiger partial charge is 0.407 e. The number of carboxylic acid groups (broad SMARTS) is 1. The Morgan fingerprint density at radius 1 is 1.42 bits per heavy atom. The fraction of sp³-hybridized carbons (Fsp3) is 0.667. The predicted molar refractivity (Wildman–Crippen MR) is 96.5 cm³/mol. The number of aromatic nitrogens is 1. The van der Waals surface area contributed by atoms with Crippen LogP contribution in [0.4, 0.5) is 4.79 Å². The molecule has 24 heavy (non-hydrogen) atoms. The van der Waals surface area contributed by atoms with E-state index in [9.17, 15) is 14.1 Å². The zero-order valence-corrected chi connectivity index (χ0v) is 16.2. The highest BCUT2D eigenvalue weighted by Crippen LogP contribution is 2.47. The van der Waals surface area contributed by atoms with Gasteiger partial charge in [-0.2, -0.15) is 4.40 Å². The first-order valence-corrected chi connectivity index (χ1v) is 10.1. The van der Waals surface area contributed by atoms with E-state index in [1.54, 1.807) is 0 Å². The molecule has 1 spiro atoms. The average molecular weight is 390 g/mol. The van der Waals surface area contributed by atoms with Crippen LogP contribution in [0.1, 0.15) is 44.2 Å². The van der Waals surface area contributed by atoms with Gasteiger partial charge >= 0.3 is 6.09 Å². The SMILES string of the molecule is CC(C)(C)S(=O)/N=C1/c2nc(Cl)sc2CC12CCN(C(=O)O)CC2. The quantitative estimate of drug-likeness (QED) is 0.798. The highest BCUT2D eigenvalue weighted by molar-refractivity contribution is 7.85. The molecule has 1 aliphatic heterocycles. The molecule has 1 amide bonds. The number of hydrogen-bond donors (Lipinski definition) is 1. The van der Waals surface area contributed by atoms with Crippen LogP contribution in [0.5, 0.6) is 0 Å². The third-order valence-electron chi connectivity index (χ3n) is 4.59. The molecule has 1 unspecified atom stereocenters. The van der Waals surface area contributed by atoms with E-state index in [4.69, 9.17) is 11.6 Å². The molecule has 1 N–H and O–H groups in total. The van der Waals surface area contributed by atoms with Crippen LogP contribution in [-0.4, -0.2) is 48.8 Å². The second-order valence-corrected chi connectivity index (χ2v) is 10.8. The van der Waals surface area contributed by atoms with Gasteiger partial charge in [0.1, 0.15) is 16.7 Å². The second-order valence-electron chi connectivity index (χ2n) is 7.27. The molecular weight excluding hydrogens is 370 g/mol. The minimum atomic E-state index is -1.39. The normalized spacial score (nSPS) is 22.8. The molecule has 1 saturated heterocycles. The second kappa shape index (κ2) is 6.07. The first-order valence-electron chi connectivity index (χ1n) is 7.77. The molecule has 6 nitrogen and oxygen atoms in total. The number of rotatable bonds is 1. The fourth-order valence-corrected chi connectivity index (χ4v) is 5.18. The topological polar surface area (TPSA) is 82.9 Å². The van der Waals surface area contributed by atoms with Crippen LogP contribution in [-0.2, 0) is 17.4 Å². The van der Waals surface area contributed by atoms with Crippen LogP contribution >= 0.6 is 22.9 Å². The van der Waals surface area contributed by atoms with Crippen LogP contribution in [0.3, 0.4) is 0 Å². The van der Waals surface area contributed by atoms with Gasteiger partial charge in [0.25, 0.3) is 0 Å². The summed E-state index contributed by atoms with van der Waals surface area (Å²) in [6.45, 7) is 6.57. The van der Waals surface area contributed by atoms with Crippen LogP contribution in [0.25, 0.3) is 0 Å². The Morgan fingerprint density at radius 3 is 2.58 bits per heavy atom. The molecule has 2 aliphatic rings. The molecule has 1 atom stereocenters. The molecule has 1 aromatic heterocycles. The summed E-state index contributed by atoms with van der Waals surface area (Å²) in [6, 6.07) is 0. The molecule has 3 rings (SSSR count). The number of hydrogen-bond acceptors (Lipinski definition) is 4. The van der Waals surface area contributed by atoms with E-state index < -0.39 is 21.8 Å². The maximum atomic E-state index is 12.6. The minimum absolute atomic E-state index is 0.272. The first kappa shape index (κ1) is 17.8. The summed E-state index contributed by atoms with van der Waals surface area (Å²) >= 11 is 7.49. The summed E-state index contributed by atoms with van der Waals surface area (Å²) in [5.74, 6) is 0. The number of carbonyl (C=O) groups is 1. The Morgan fingerprint density at radius 2 is 2.04 bits per heavy atom. The number of amides is 1. The Hall–Kier alpha value is -0.990. The molecule has 0 radical (unpaired) electrons. The lowest BCUT2D eigenvalue weighted by atomic mass is 9.75. The van der Waals surface area contributed by atoms with Crippen molar-refractivity contribution in [3.63, 3.8) is 0 Å². The summed E-state index contributed by atoms with van der Waals surface area (Å²) in [5, 5.41) is 9.18. The van der Waals surface area contributed by atoms with Gasteiger partial charge in [-0.3, -0.25) is 0 Å². The molecule has 1 aliphatic carbocycles. The van der Waals surface area contributed by atoms with E-state index in [1.807, 2.05) is 20.8 Å². The highest BCUT2D eigenvalue weighted by atomic mass is 35.5. The van der Waals surface area contributed by atoms with E-state index >= 15 is 0 Å². The minimum Gasteiger partial charge on any atom is -0.465 e. The molecular formula is C15H20ClN3O3S2. The zero-order chi connectivity index (χ0) is 17.7. The van der Waals surface area contributed by atoms with E-state index in [0.717, 1.165) is 22.7 Å². The molecule has 0 saturated carbocycles. The van der Waals surface area contributed by atoms with E-state index in [2.05, 4.69) is 9.38 Å². The van der Waals surface area contributed by atoms with E-state index in [0.29, 0.717) is 30.4 Å². The summed E-state index contributed by atoms with van der Waals surface area (Å²) in [4.78, 5) is 18.1. The van der Waals surface area contributed by atoms with Crippen molar-refractivity contribution in [3.05, 3.63) is 15.0 Å². The van der Waals surface area contributed by atoms with Gasteiger partial charge in [-0.25, -0.2) is 14.0 Å². The summed E-state index contributed by atoms with van der Waals surface area (Å²) < 4.78 is 17.2. The van der Waals surface area contributed by atoms with Crippen molar-refractivity contribution < 1.29 is 14.1 Å². The van der Waals surface area contributed by atoms with Crippen molar-refractivity contribution in [1.29, 1.82) is 0 Å². The Labute approximate surface area is 152 Å². The molecule has 1 fully saturated rings. The van der Waals surface area contributed by atoms with Gasteiger partial charge in [-0.15, -0.1) is 11.3 Å². The van der Waals surface area contributed by atoms with Crippen molar-refractivity contribution in [1.82, 2.24) is 9.88 Å². The largest absolute Gasteiger partial charge is 0.465 e. The van der Waals surface area contributed by atoms with Gasteiger partial charge in [-0.1, -0.05) is 11.6 Å². The maximum absolute atomic E-state index is 12.6. The molecule has 132 valence electrons. The van der Waals surface area contributed by atoms with Gasteiger partial charge in [0, 0.05) is 23.4 Å². The van der Waals surface area contributed by atoms with Gasteiger partial charge < -0.3 is 10.0 Å². The Balaban J connectivity index is 1.98. The Kier molecular flexibility index (Phi) is 4.51. The van der Waals surface area contributed by atoms with Crippen molar-refractivity contribution in [2.24, 2.45) is 9.81 Å². The summed E-state index contributed by atoms with van der Waals surface area (Å²) in [7, 11) is -1.39. The predicted octanol–water partition coefficient (Wildman–Crippen LogP) is 3.36. The van der Waals surface area contributed by atoms with E-state index in [-0.39, 0.29) is 5.41 Å². The monoisotopic (exact) mass is 389 g/mol. The van der Waals surface area contributed by atoms with Gasteiger partial charge in [0.05, 0.1) is 10.5 Å². The lowest BCUT2D eigenvalue weighted by Crippen LogP contribution is -2.45. The third-order valence-corrected chi connectivity index (χ3v) is 7.14. The lowest BCUT2D eigenvalue weighted by molar-refractivity contribution is 0.115. The first-order chi connectivity index (χ1) is 11.1. The molecule has 9 heteroatoms. The zero-order valence-electron chi connectivity index (χ0n) is 13.8. The van der Waals surface area contributed by atoms with Crippen LogP contribution in [0.15, 0.2) is 4.40 Å².